The van der Waals surface area contributed by atoms with Crippen molar-refractivity contribution in [2.45, 2.75) is 116 Å². The zero-order valence-electron chi connectivity index (χ0n) is 38.3. The summed E-state index contributed by atoms with van der Waals surface area (Å²) in [7, 11) is 0. The maximum absolute atomic E-state index is 14.1. The van der Waals surface area contributed by atoms with Crippen LogP contribution in [-0.2, 0) is 32.7 Å². The summed E-state index contributed by atoms with van der Waals surface area (Å²) in [4.78, 5) is 79.1. The molecule has 4 aromatic rings. The van der Waals surface area contributed by atoms with Crippen LogP contribution in [0.15, 0.2) is 42.7 Å². The number of aromatic amines is 1. The molecule has 344 valence electrons. The van der Waals surface area contributed by atoms with Gasteiger partial charge in [0.1, 0.15) is 24.0 Å². The molecule has 17 heteroatoms. The van der Waals surface area contributed by atoms with Gasteiger partial charge in [-0.25, -0.2) is 9.36 Å². The molecule has 0 bridgehead atoms. The number of nitro groups is 1. The van der Waals surface area contributed by atoms with Gasteiger partial charge in [-0.2, -0.15) is 5.26 Å². The summed E-state index contributed by atoms with van der Waals surface area (Å²) in [5.41, 5.74) is 5.47. The second kappa shape index (κ2) is 17.6. The number of amides is 3. The first-order valence-corrected chi connectivity index (χ1v) is 22.9. The number of hydrogen-bond donors (Lipinski definition) is 3. The zero-order valence-corrected chi connectivity index (χ0v) is 38.3. The fourth-order valence-electron chi connectivity index (χ4n) is 10.2. The highest BCUT2D eigenvalue weighted by Crippen LogP contribution is 2.53. The minimum absolute atomic E-state index is 0.00373. The van der Waals surface area contributed by atoms with Gasteiger partial charge in [0.15, 0.2) is 5.78 Å². The Morgan fingerprint density at radius 1 is 1.09 bits per heavy atom. The lowest BCUT2D eigenvalue weighted by Gasteiger charge is -2.39. The summed E-state index contributed by atoms with van der Waals surface area (Å²) < 4.78 is 6.88. The molecular weight excluding hydrogens is 829 g/mol. The molecular formula is C48H60N10O7. The molecule has 2 aromatic heterocycles. The van der Waals surface area contributed by atoms with E-state index < -0.39 is 28.1 Å². The number of rotatable bonds is 14. The summed E-state index contributed by atoms with van der Waals surface area (Å²) in [6.45, 7) is 16.7. The van der Waals surface area contributed by atoms with E-state index in [9.17, 15) is 34.6 Å². The number of alkyl carbamates (subject to hydrolysis) is 1. The number of aromatic nitrogens is 3. The molecule has 17 nitrogen and oxygen atoms in total. The molecule has 0 unspecified atom stereocenters. The summed E-state index contributed by atoms with van der Waals surface area (Å²) in [6.07, 6.45) is 6.64. The van der Waals surface area contributed by atoms with Crippen LogP contribution in [0.5, 0.6) is 0 Å². The van der Waals surface area contributed by atoms with E-state index in [1.165, 1.54) is 17.0 Å². The van der Waals surface area contributed by atoms with Crippen LogP contribution >= 0.6 is 0 Å². The first-order chi connectivity index (χ1) is 30.9. The minimum atomic E-state index is -0.902. The van der Waals surface area contributed by atoms with E-state index in [0.29, 0.717) is 63.1 Å². The monoisotopic (exact) mass is 888 g/mol. The predicted molar refractivity (Wildman–Crippen MR) is 244 cm³/mol. The van der Waals surface area contributed by atoms with E-state index in [-0.39, 0.29) is 48.0 Å². The maximum atomic E-state index is 14.1. The molecule has 2 aromatic carbocycles. The van der Waals surface area contributed by atoms with Gasteiger partial charge in [0.05, 0.1) is 23.7 Å². The van der Waals surface area contributed by atoms with E-state index in [1.54, 1.807) is 32.9 Å². The number of nitriles is 1. The number of ketones is 1. The van der Waals surface area contributed by atoms with Crippen molar-refractivity contribution in [3.63, 3.8) is 0 Å². The van der Waals surface area contributed by atoms with Gasteiger partial charge in [0, 0.05) is 90.4 Å². The molecule has 3 amide bonds. The number of nitrogens with zero attached hydrogens (tertiary/aromatic N) is 7. The third-order valence-corrected chi connectivity index (χ3v) is 13.8. The number of benzene rings is 2. The van der Waals surface area contributed by atoms with Crippen molar-refractivity contribution < 1.29 is 28.8 Å². The van der Waals surface area contributed by atoms with Crippen LogP contribution in [0.1, 0.15) is 118 Å². The van der Waals surface area contributed by atoms with E-state index >= 15 is 0 Å². The summed E-state index contributed by atoms with van der Waals surface area (Å²) in [6, 6.07) is 10.9. The molecule has 2 saturated heterocycles. The Kier molecular flexibility index (Phi) is 12.3. The lowest BCUT2D eigenvalue weighted by Crippen LogP contribution is -2.52. The Labute approximate surface area is 379 Å². The lowest BCUT2D eigenvalue weighted by molar-refractivity contribution is -0.396. The Morgan fingerprint density at radius 3 is 2.52 bits per heavy atom. The first-order valence-electron chi connectivity index (χ1n) is 22.9. The van der Waals surface area contributed by atoms with Crippen LogP contribution in [0.3, 0.4) is 0 Å². The normalized spacial score (nSPS) is 19.1. The average molecular weight is 889 g/mol. The van der Waals surface area contributed by atoms with E-state index in [4.69, 9.17) is 4.74 Å². The number of aryl methyl sites for hydroxylation is 2. The second-order valence-electron chi connectivity index (χ2n) is 19.7. The minimum Gasteiger partial charge on any atom is -0.444 e. The molecule has 3 fully saturated rings. The number of carbonyl (C=O) groups is 4. The number of likely N-dealkylation sites (tertiary alicyclic amines) is 1. The van der Waals surface area contributed by atoms with Crippen molar-refractivity contribution in [1.82, 2.24) is 35.0 Å². The summed E-state index contributed by atoms with van der Waals surface area (Å²) >= 11 is 0. The highest BCUT2D eigenvalue weighted by Gasteiger charge is 2.55. The lowest BCUT2D eigenvalue weighted by atomic mass is 9.70. The smallest absolute Gasteiger partial charge is 0.434 e. The Bertz CT molecular complexity index is 2570. The van der Waals surface area contributed by atoms with E-state index in [2.05, 4.69) is 69.4 Å². The third-order valence-electron chi connectivity index (χ3n) is 13.8. The van der Waals surface area contributed by atoms with Gasteiger partial charge in [-0.05, 0) is 106 Å². The van der Waals surface area contributed by atoms with E-state index in [1.807, 2.05) is 11.0 Å². The topological polar surface area (TPSA) is 212 Å². The van der Waals surface area contributed by atoms with Crippen molar-refractivity contribution >= 4 is 46.2 Å². The number of ether oxygens (including phenoxy) is 1. The van der Waals surface area contributed by atoms with Crippen LogP contribution in [0.2, 0.25) is 0 Å². The number of H-pyrrole nitrogens is 1. The highest BCUT2D eigenvalue weighted by molar-refractivity contribution is 6.20. The van der Waals surface area contributed by atoms with Crippen LogP contribution in [-0.4, -0.2) is 116 Å². The molecule has 4 aliphatic rings. The van der Waals surface area contributed by atoms with Gasteiger partial charge < -0.3 is 45.2 Å². The van der Waals surface area contributed by atoms with Crippen molar-refractivity contribution in [2.75, 3.05) is 50.7 Å². The fourth-order valence-corrected chi connectivity index (χ4v) is 10.2. The largest absolute Gasteiger partial charge is 0.444 e. The third kappa shape index (κ3) is 9.18. The zero-order chi connectivity index (χ0) is 46.4. The second-order valence-corrected chi connectivity index (χ2v) is 19.7. The molecule has 2 atom stereocenters. The quantitative estimate of drug-likeness (QED) is 0.0993. The van der Waals surface area contributed by atoms with Crippen LogP contribution in [0, 0.1) is 26.9 Å². The van der Waals surface area contributed by atoms with Crippen LogP contribution in [0.4, 0.5) is 16.4 Å². The van der Waals surface area contributed by atoms with Gasteiger partial charge >= 0.3 is 12.0 Å². The fraction of sp³-hybridized carbons (Fsp3) is 0.542. The first kappa shape index (κ1) is 45.3. The Morgan fingerprint density at radius 2 is 1.85 bits per heavy atom. The Hall–Kier alpha value is -6.28. The predicted octanol–water partition coefficient (Wildman–Crippen LogP) is 5.96. The molecule has 1 spiro atoms. The molecule has 0 radical (unpaired) electrons. The maximum Gasteiger partial charge on any atom is 0.434 e. The SMILES string of the molecule is CCc1cc2c(cc1N1CCN(C(=O)CCCN3C[C@H](NC(=O)[C@H](CCCn4ccnc4[N+](=O)[O-])NC(=O)OC(C)(C)C)C4(CC4)C3)CC1)C(C)(C)c1[nH]c3cc(C#N)ccc3c1C2=O. The summed E-state index contributed by atoms with van der Waals surface area (Å²) in [5.74, 6) is -0.471. The van der Waals surface area contributed by atoms with Gasteiger partial charge in [-0.3, -0.25) is 14.4 Å². The van der Waals surface area contributed by atoms with Crippen LogP contribution in [0.25, 0.3) is 10.9 Å². The molecule has 2 aliphatic carbocycles. The number of nitrogens with one attached hydrogen (secondary N) is 3. The molecule has 1 saturated carbocycles. The Balaban J connectivity index is 0.844. The van der Waals surface area contributed by atoms with Gasteiger partial charge in [0.25, 0.3) is 0 Å². The highest BCUT2D eigenvalue weighted by atomic mass is 16.6. The standard InChI is InChI=1S/C48H60N10O7/c1-7-31-25-33-34(47(5,6)42-40(41(33)60)32-13-12-30(27-49)24-36(32)51-42)26-37(31)55-20-22-56(23-21-55)39(59)11-9-17-54-28-38(48(29-54)14-15-48)53-43(61)35(52-45(62)65-46(2,3)4)10-8-18-57-19-16-50-44(57)58(63)64/h12-13,16,19,24-26,35,38,51H,7-11,14-15,17-18,20-23,28-29H2,1-6H3,(H,52,62)(H,53,61)/t35-,38-/m0/s1. The average Bonchev–Trinajstić information content (AvgIpc) is 3.54. The summed E-state index contributed by atoms with van der Waals surface area (Å²) in [5, 5.41) is 27.6. The number of piperazine rings is 1. The molecule has 2 aliphatic heterocycles. The molecule has 8 rings (SSSR count). The van der Waals surface area contributed by atoms with Gasteiger partial charge in [-0.1, -0.05) is 31.8 Å². The number of anilines is 1. The molecule has 3 N–H and O–H groups in total. The molecule has 4 heterocycles. The van der Waals surface area contributed by atoms with Gasteiger partial charge in [0.2, 0.25) is 11.8 Å². The van der Waals surface area contributed by atoms with Crippen molar-refractivity contribution in [2.24, 2.45) is 5.41 Å². The van der Waals surface area contributed by atoms with Crippen molar-refractivity contribution in [3.8, 4) is 6.07 Å². The van der Waals surface area contributed by atoms with Crippen molar-refractivity contribution in [3.05, 3.63) is 86.4 Å². The van der Waals surface area contributed by atoms with Crippen LogP contribution < -0.4 is 15.5 Å². The van der Waals surface area contributed by atoms with E-state index in [0.717, 1.165) is 71.3 Å². The molecule has 65 heavy (non-hydrogen) atoms. The van der Waals surface area contributed by atoms with Gasteiger partial charge in [-0.15, -0.1) is 0 Å². The number of carbonyl (C=O) groups excluding carboxylic acids is 4. The number of hydrogen-bond acceptors (Lipinski definition) is 11. The number of fused-ring (bicyclic) bond motifs is 4. The van der Waals surface area contributed by atoms with Crippen molar-refractivity contribution in [1.29, 1.82) is 5.26 Å². The number of imidazole rings is 1.